The van der Waals surface area contributed by atoms with Crippen LogP contribution in [0, 0.1) is 0 Å². The third-order valence-electron chi connectivity index (χ3n) is 2.23. The molecule has 88 valence electrons. The van der Waals surface area contributed by atoms with Gasteiger partial charge in [0, 0.05) is 10.6 Å². The third-order valence-corrected chi connectivity index (χ3v) is 2.23. The molecule has 0 radical (unpaired) electrons. The first-order chi connectivity index (χ1) is 8.88. The van der Waals surface area contributed by atoms with Crippen molar-refractivity contribution in [2.24, 2.45) is 10.2 Å². The highest BCUT2D eigenvalue weighted by Crippen LogP contribution is 2.12. The molecule has 5 nitrogen and oxygen atoms in total. The molecule has 0 atom stereocenters. The second-order valence-electron chi connectivity index (χ2n) is 3.52. The van der Waals surface area contributed by atoms with Gasteiger partial charge >= 0.3 is 0 Å². The van der Waals surface area contributed by atoms with Crippen LogP contribution in [0.4, 0.5) is 11.4 Å². The molecule has 2 aromatic carbocycles. The van der Waals surface area contributed by atoms with Crippen LogP contribution in [-0.4, -0.2) is 6.21 Å². The van der Waals surface area contributed by atoms with E-state index in [1.54, 1.807) is 18.3 Å². The third kappa shape index (κ3) is 3.37. The fourth-order valence-electron chi connectivity index (χ4n) is 1.37. The fraction of sp³-hybridized carbons (Fsp3) is 0. The van der Waals surface area contributed by atoms with Crippen LogP contribution in [0.3, 0.4) is 0 Å². The maximum Gasteiger partial charge on any atom is 0.0561 e. The predicted octanol–water partition coefficient (Wildman–Crippen LogP) is 4.07. The summed E-state index contributed by atoms with van der Waals surface area (Å²) in [6.45, 7) is 0. The van der Waals surface area contributed by atoms with Crippen molar-refractivity contribution in [2.75, 3.05) is 5.43 Å². The summed E-state index contributed by atoms with van der Waals surface area (Å²) in [6.07, 6.45) is 1.70. The molecule has 0 saturated heterocycles. The molecular weight excluding hydrogens is 226 g/mol. The van der Waals surface area contributed by atoms with Gasteiger partial charge in [0.25, 0.3) is 0 Å². The van der Waals surface area contributed by atoms with E-state index in [-0.39, 0.29) is 0 Å². The Balaban J connectivity index is 1.99. The number of azide groups is 1. The number of para-hydroxylation sites is 1. The maximum absolute atomic E-state index is 8.28. The van der Waals surface area contributed by atoms with Gasteiger partial charge in [-0.25, -0.2) is 0 Å². The number of benzene rings is 2. The molecule has 0 fully saturated rings. The highest BCUT2D eigenvalue weighted by atomic mass is 15.3. The molecule has 5 heteroatoms. The summed E-state index contributed by atoms with van der Waals surface area (Å²) in [6, 6.07) is 16.8. The number of rotatable bonds is 4. The van der Waals surface area contributed by atoms with Gasteiger partial charge in [-0.2, -0.15) is 5.10 Å². The van der Waals surface area contributed by atoms with E-state index >= 15 is 0 Å². The van der Waals surface area contributed by atoms with Crippen molar-refractivity contribution < 1.29 is 0 Å². The standard InChI is InChI=1S/C13H11N5/c14-18-17-13-8-6-11(7-9-13)10-15-16-12-4-2-1-3-5-12/h1-10,16H/b15-10+. The average Bonchev–Trinajstić information content (AvgIpc) is 2.42. The first kappa shape index (κ1) is 11.7. The molecule has 0 heterocycles. The SMILES string of the molecule is [N-]=[N+]=Nc1ccc(/C=N/Nc2ccccc2)cc1. The summed E-state index contributed by atoms with van der Waals surface area (Å²) in [5.41, 5.74) is 13.6. The second kappa shape index (κ2) is 6.08. The molecule has 2 aromatic rings. The van der Waals surface area contributed by atoms with Gasteiger partial charge in [-0.15, -0.1) is 0 Å². The molecule has 0 aliphatic rings. The Morgan fingerprint density at radius 3 is 2.39 bits per heavy atom. The molecule has 0 aliphatic carbocycles. The van der Waals surface area contributed by atoms with Crippen molar-refractivity contribution >= 4 is 17.6 Å². The zero-order chi connectivity index (χ0) is 12.6. The van der Waals surface area contributed by atoms with E-state index in [9.17, 15) is 0 Å². The van der Waals surface area contributed by atoms with Crippen molar-refractivity contribution in [1.29, 1.82) is 0 Å². The summed E-state index contributed by atoms with van der Waals surface area (Å²) in [4.78, 5) is 2.72. The van der Waals surface area contributed by atoms with Gasteiger partial charge in [0.05, 0.1) is 11.9 Å². The van der Waals surface area contributed by atoms with Crippen molar-refractivity contribution in [3.63, 3.8) is 0 Å². The van der Waals surface area contributed by atoms with Crippen molar-refractivity contribution in [1.82, 2.24) is 0 Å². The van der Waals surface area contributed by atoms with Crippen molar-refractivity contribution in [3.8, 4) is 0 Å². The summed E-state index contributed by atoms with van der Waals surface area (Å²) in [5, 5.41) is 7.61. The van der Waals surface area contributed by atoms with Gasteiger partial charge < -0.3 is 0 Å². The number of hydrogen-bond acceptors (Lipinski definition) is 3. The van der Waals surface area contributed by atoms with E-state index in [4.69, 9.17) is 5.53 Å². The van der Waals surface area contributed by atoms with Crippen LogP contribution in [0.25, 0.3) is 10.4 Å². The average molecular weight is 237 g/mol. The molecule has 0 spiro atoms. The van der Waals surface area contributed by atoms with Gasteiger partial charge in [0.2, 0.25) is 0 Å². The summed E-state index contributed by atoms with van der Waals surface area (Å²) in [5.74, 6) is 0. The van der Waals surface area contributed by atoms with Crippen LogP contribution in [0.5, 0.6) is 0 Å². The highest BCUT2D eigenvalue weighted by Gasteiger charge is 1.89. The topological polar surface area (TPSA) is 73.2 Å². The molecular formula is C13H11N5. The Bertz CT molecular complexity index is 568. The van der Waals surface area contributed by atoms with Crippen molar-refractivity contribution in [3.05, 3.63) is 70.6 Å². The Morgan fingerprint density at radius 1 is 1.00 bits per heavy atom. The lowest BCUT2D eigenvalue weighted by atomic mass is 10.2. The Hall–Kier alpha value is -2.78. The van der Waals surface area contributed by atoms with Crippen LogP contribution < -0.4 is 5.43 Å². The second-order valence-corrected chi connectivity index (χ2v) is 3.52. The van der Waals surface area contributed by atoms with E-state index in [0.29, 0.717) is 5.69 Å². The Morgan fingerprint density at radius 2 is 1.72 bits per heavy atom. The minimum absolute atomic E-state index is 0.589. The zero-order valence-electron chi connectivity index (χ0n) is 9.56. The quantitative estimate of drug-likeness (QED) is 0.281. The highest BCUT2D eigenvalue weighted by molar-refractivity contribution is 5.80. The minimum atomic E-state index is 0.589. The molecule has 1 N–H and O–H groups in total. The molecule has 0 saturated carbocycles. The van der Waals surface area contributed by atoms with Gasteiger partial charge in [-0.05, 0) is 23.2 Å². The summed E-state index contributed by atoms with van der Waals surface area (Å²) in [7, 11) is 0. The predicted molar refractivity (Wildman–Crippen MR) is 72.9 cm³/mol. The van der Waals surface area contributed by atoms with Crippen LogP contribution >= 0.6 is 0 Å². The smallest absolute Gasteiger partial charge is 0.0561 e. The van der Waals surface area contributed by atoms with Gasteiger partial charge in [0.15, 0.2) is 0 Å². The molecule has 0 aromatic heterocycles. The molecule has 0 amide bonds. The Labute approximate surface area is 104 Å². The molecule has 0 unspecified atom stereocenters. The van der Waals surface area contributed by atoms with E-state index < -0.39 is 0 Å². The van der Waals surface area contributed by atoms with E-state index in [1.165, 1.54) is 0 Å². The first-order valence-corrected chi connectivity index (χ1v) is 5.38. The first-order valence-electron chi connectivity index (χ1n) is 5.38. The van der Waals surface area contributed by atoms with Gasteiger partial charge in [-0.1, -0.05) is 47.6 Å². The number of nitrogens with one attached hydrogen (secondary N) is 1. The Kier molecular flexibility index (Phi) is 3.95. The molecule has 2 rings (SSSR count). The molecule has 18 heavy (non-hydrogen) atoms. The maximum atomic E-state index is 8.28. The van der Waals surface area contributed by atoms with Crippen LogP contribution in [0.15, 0.2) is 64.8 Å². The lowest BCUT2D eigenvalue weighted by Crippen LogP contribution is -1.89. The number of nitrogens with zero attached hydrogens (tertiary/aromatic N) is 4. The minimum Gasteiger partial charge on any atom is -0.279 e. The van der Waals surface area contributed by atoms with E-state index in [0.717, 1.165) is 11.3 Å². The van der Waals surface area contributed by atoms with Crippen molar-refractivity contribution in [2.45, 2.75) is 0 Å². The lowest BCUT2D eigenvalue weighted by molar-refractivity contribution is 1.35. The molecule has 0 aliphatic heterocycles. The number of hydrogen-bond donors (Lipinski definition) is 1. The number of hydrazone groups is 1. The zero-order valence-corrected chi connectivity index (χ0v) is 9.56. The normalized spacial score (nSPS) is 10.0. The van der Waals surface area contributed by atoms with Crippen LogP contribution in [0.1, 0.15) is 5.56 Å². The summed E-state index contributed by atoms with van der Waals surface area (Å²) >= 11 is 0. The van der Waals surface area contributed by atoms with E-state index in [1.807, 2.05) is 42.5 Å². The van der Waals surface area contributed by atoms with Gasteiger partial charge in [-0.3, -0.25) is 5.43 Å². The van der Waals surface area contributed by atoms with Gasteiger partial charge in [0.1, 0.15) is 0 Å². The fourth-order valence-corrected chi connectivity index (χ4v) is 1.37. The number of anilines is 1. The van der Waals surface area contributed by atoms with E-state index in [2.05, 4.69) is 20.6 Å². The molecule has 0 bridgehead atoms. The van der Waals surface area contributed by atoms with Crippen LogP contribution in [-0.2, 0) is 0 Å². The summed E-state index contributed by atoms with van der Waals surface area (Å²) < 4.78 is 0. The lowest BCUT2D eigenvalue weighted by Gasteiger charge is -1.98. The monoisotopic (exact) mass is 237 g/mol. The largest absolute Gasteiger partial charge is 0.279 e. The van der Waals surface area contributed by atoms with Crippen LogP contribution in [0.2, 0.25) is 0 Å².